The van der Waals surface area contributed by atoms with E-state index in [0.717, 1.165) is 55.4 Å². The van der Waals surface area contributed by atoms with E-state index in [0.29, 0.717) is 6.61 Å². The molecule has 1 unspecified atom stereocenters. The summed E-state index contributed by atoms with van der Waals surface area (Å²) in [5.41, 5.74) is 4.98. The number of ether oxygens (including phenoxy) is 3. The summed E-state index contributed by atoms with van der Waals surface area (Å²) < 4.78 is 19.6. The Morgan fingerprint density at radius 2 is 1.47 bits per heavy atom. The Labute approximate surface area is 226 Å². The topological polar surface area (TPSA) is 35.9 Å². The van der Waals surface area contributed by atoms with E-state index >= 15 is 0 Å². The standard InChI is InChI=1S/C33H38N2O3/c1-3-4-7-23-37-29-13-8-26(9-14-29)32-18-10-27-25-31(36-2)17-19-33(27)35(32)28-11-15-30(16-12-28)38-24-22-34-20-5-6-21-34/h5-6,8-9,11-17,19-21,25,32H,3-4,7,10,18,22-24H2,1-2H3. The zero-order valence-electron chi connectivity index (χ0n) is 22.5. The molecule has 1 aliphatic heterocycles. The predicted octanol–water partition coefficient (Wildman–Crippen LogP) is 7.97. The molecule has 0 N–H and O–H groups in total. The number of benzene rings is 3. The van der Waals surface area contributed by atoms with Gasteiger partial charge in [0.15, 0.2) is 0 Å². The van der Waals surface area contributed by atoms with Gasteiger partial charge in [-0.05, 0) is 97.1 Å². The zero-order chi connectivity index (χ0) is 26.2. The first-order chi connectivity index (χ1) is 18.7. The van der Waals surface area contributed by atoms with E-state index in [1.54, 1.807) is 7.11 Å². The van der Waals surface area contributed by atoms with Gasteiger partial charge in [-0.25, -0.2) is 0 Å². The quantitative estimate of drug-likeness (QED) is 0.181. The van der Waals surface area contributed by atoms with Crippen molar-refractivity contribution in [3.63, 3.8) is 0 Å². The van der Waals surface area contributed by atoms with Crippen molar-refractivity contribution in [1.82, 2.24) is 4.57 Å². The molecule has 0 aliphatic carbocycles. The van der Waals surface area contributed by atoms with Crippen LogP contribution in [-0.4, -0.2) is 24.9 Å². The lowest BCUT2D eigenvalue weighted by atomic mass is 9.90. The van der Waals surface area contributed by atoms with Crippen molar-refractivity contribution in [1.29, 1.82) is 0 Å². The average molecular weight is 511 g/mol. The normalized spacial score (nSPS) is 14.7. The number of rotatable bonds is 12. The van der Waals surface area contributed by atoms with Crippen molar-refractivity contribution in [2.24, 2.45) is 0 Å². The summed E-state index contributed by atoms with van der Waals surface area (Å²) >= 11 is 0. The number of fused-ring (bicyclic) bond motifs is 1. The van der Waals surface area contributed by atoms with Crippen LogP contribution in [0.2, 0.25) is 0 Å². The van der Waals surface area contributed by atoms with E-state index in [9.17, 15) is 0 Å². The van der Waals surface area contributed by atoms with Gasteiger partial charge < -0.3 is 23.7 Å². The molecule has 1 aromatic heterocycles. The number of anilines is 2. The highest BCUT2D eigenvalue weighted by Gasteiger charge is 2.29. The lowest BCUT2D eigenvalue weighted by molar-refractivity contribution is 0.298. The smallest absolute Gasteiger partial charge is 0.119 e. The summed E-state index contributed by atoms with van der Waals surface area (Å²) in [6.45, 7) is 4.45. The number of aryl methyl sites for hydroxylation is 1. The second kappa shape index (κ2) is 12.6. The third-order valence-corrected chi connectivity index (χ3v) is 7.23. The monoisotopic (exact) mass is 510 g/mol. The van der Waals surface area contributed by atoms with E-state index in [-0.39, 0.29) is 6.04 Å². The summed E-state index contributed by atoms with van der Waals surface area (Å²) in [6, 6.07) is 27.9. The maximum absolute atomic E-state index is 6.02. The van der Waals surface area contributed by atoms with Gasteiger partial charge in [-0.3, -0.25) is 0 Å². The first-order valence-corrected chi connectivity index (χ1v) is 13.8. The largest absolute Gasteiger partial charge is 0.497 e. The Morgan fingerprint density at radius 3 is 2.18 bits per heavy atom. The van der Waals surface area contributed by atoms with E-state index < -0.39 is 0 Å². The fraction of sp³-hybridized carbons (Fsp3) is 0.333. The van der Waals surface area contributed by atoms with Crippen LogP contribution in [0.5, 0.6) is 17.2 Å². The minimum atomic E-state index is 0.227. The molecular weight excluding hydrogens is 472 g/mol. The number of nitrogens with zero attached hydrogens (tertiary/aromatic N) is 2. The Balaban J connectivity index is 1.36. The number of unbranched alkanes of at least 4 members (excludes halogenated alkanes) is 2. The lowest BCUT2D eigenvalue weighted by Crippen LogP contribution is -2.29. The molecule has 38 heavy (non-hydrogen) atoms. The SMILES string of the molecule is CCCCCOc1ccc(C2CCc3cc(OC)ccc3N2c2ccc(OCCn3cccc3)cc2)cc1. The van der Waals surface area contributed by atoms with E-state index in [1.165, 1.54) is 29.7 Å². The fourth-order valence-electron chi connectivity index (χ4n) is 5.17. The molecular formula is C33H38N2O3. The molecule has 1 aliphatic rings. The van der Waals surface area contributed by atoms with Crippen LogP contribution in [0, 0.1) is 0 Å². The van der Waals surface area contributed by atoms with Crippen LogP contribution in [0.1, 0.15) is 49.8 Å². The fourth-order valence-corrected chi connectivity index (χ4v) is 5.17. The van der Waals surface area contributed by atoms with Crippen LogP contribution in [0.3, 0.4) is 0 Å². The highest BCUT2D eigenvalue weighted by atomic mass is 16.5. The van der Waals surface area contributed by atoms with E-state index in [1.807, 2.05) is 12.1 Å². The molecule has 4 aromatic rings. The molecule has 0 saturated carbocycles. The summed E-state index contributed by atoms with van der Waals surface area (Å²) in [7, 11) is 1.73. The van der Waals surface area contributed by atoms with Crippen molar-refractivity contribution in [3.8, 4) is 17.2 Å². The zero-order valence-corrected chi connectivity index (χ0v) is 22.5. The van der Waals surface area contributed by atoms with Gasteiger partial charge in [-0.2, -0.15) is 0 Å². The van der Waals surface area contributed by atoms with Gasteiger partial charge in [0.25, 0.3) is 0 Å². The molecule has 5 rings (SSSR count). The molecule has 2 heterocycles. The van der Waals surface area contributed by atoms with Crippen LogP contribution >= 0.6 is 0 Å². The van der Waals surface area contributed by atoms with Crippen LogP contribution in [0.4, 0.5) is 11.4 Å². The molecule has 1 atom stereocenters. The summed E-state index contributed by atoms with van der Waals surface area (Å²) in [5.74, 6) is 2.73. The molecule has 0 radical (unpaired) electrons. The molecule has 0 saturated heterocycles. The third-order valence-electron chi connectivity index (χ3n) is 7.23. The Bertz CT molecular complexity index is 1270. The van der Waals surface area contributed by atoms with Crippen molar-refractivity contribution < 1.29 is 14.2 Å². The maximum atomic E-state index is 6.02. The molecule has 5 heteroatoms. The second-order valence-corrected chi connectivity index (χ2v) is 9.81. The van der Waals surface area contributed by atoms with Gasteiger partial charge in [-0.1, -0.05) is 31.9 Å². The van der Waals surface area contributed by atoms with Crippen LogP contribution in [-0.2, 0) is 13.0 Å². The molecule has 5 nitrogen and oxygen atoms in total. The summed E-state index contributed by atoms with van der Waals surface area (Å²) in [4.78, 5) is 2.46. The van der Waals surface area contributed by atoms with Crippen LogP contribution in [0.25, 0.3) is 0 Å². The summed E-state index contributed by atoms with van der Waals surface area (Å²) in [6.07, 6.45) is 9.64. The van der Waals surface area contributed by atoms with Crippen molar-refractivity contribution in [2.45, 2.75) is 51.6 Å². The molecule has 0 bridgehead atoms. The van der Waals surface area contributed by atoms with Gasteiger partial charge in [0.05, 0.1) is 26.3 Å². The van der Waals surface area contributed by atoms with Gasteiger partial charge in [0.1, 0.15) is 23.9 Å². The Kier molecular flexibility index (Phi) is 8.54. The highest BCUT2D eigenvalue weighted by molar-refractivity contribution is 5.71. The van der Waals surface area contributed by atoms with Crippen LogP contribution in [0.15, 0.2) is 91.3 Å². The first kappa shape index (κ1) is 25.8. The van der Waals surface area contributed by atoms with Crippen molar-refractivity contribution in [2.75, 3.05) is 25.2 Å². The molecule has 0 fully saturated rings. The Morgan fingerprint density at radius 1 is 0.789 bits per heavy atom. The third kappa shape index (κ3) is 6.16. The number of hydrogen-bond donors (Lipinski definition) is 0. The van der Waals surface area contributed by atoms with Gasteiger partial charge in [-0.15, -0.1) is 0 Å². The molecule has 3 aromatic carbocycles. The van der Waals surface area contributed by atoms with E-state index in [4.69, 9.17) is 14.2 Å². The Hall–Kier alpha value is -3.86. The highest BCUT2D eigenvalue weighted by Crippen LogP contribution is 2.45. The lowest BCUT2D eigenvalue weighted by Gasteiger charge is -2.39. The predicted molar refractivity (Wildman–Crippen MR) is 154 cm³/mol. The van der Waals surface area contributed by atoms with Gasteiger partial charge in [0, 0.05) is 23.8 Å². The average Bonchev–Trinajstić information content (AvgIpc) is 3.49. The molecule has 0 amide bonds. The second-order valence-electron chi connectivity index (χ2n) is 9.81. The number of methoxy groups -OCH3 is 1. The van der Waals surface area contributed by atoms with Gasteiger partial charge >= 0.3 is 0 Å². The molecule has 198 valence electrons. The van der Waals surface area contributed by atoms with Crippen molar-refractivity contribution in [3.05, 3.63) is 102 Å². The maximum Gasteiger partial charge on any atom is 0.119 e. The van der Waals surface area contributed by atoms with Crippen molar-refractivity contribution >= 4 is 11.4 Å². The molecule has 0 spiro atoms. The minimum absolute atomic E-state index is 0.227. The van der Waals surface area contributed by atoms with E-state index in [2.05, 4.69) is 95.5 Å². The van der Waals surface area contributed by atoms with Crippen LogP contribution < -0.4 is 19.1 Å². The number of hydrogen-bond acceptors (Lipinski definition) is 4. The minimum Gasteiger partial charge on any atom is -0.497 e. The number of aromatic nitrogens is 1. The first-order valence-electron chi connectivity index (χ1n) is 13.8. The van der Waals surface area contributed by atoms with Gasteiger partial charge in [0.2, 0.25) is 0 Å². The summed E-state index contributed by atoms with van der Waals surface area (Å²) in [5, 5.41) is 0.